The number of pyridine rings is 1. The topological polar surface area (TPSA) is 68.1 Å². The average Bonchev–Trinajstić information content (AvgIpc) is 3.19. The number of carbonyl (C=O) groups is 2. The zero-order valence-corrected chi connectivity index (χ0v) is 15.1. The van der Waals surface area contributed by atoms with Gasteiger partial charge >= 0.3 is 0 Å². The van der Waals surface area contributed by atoms with Crippen LogP contribution in [-0.2, 0) is 7.05 Å². The van der Waals surface area contributed by atoms with Crippen LogP contribution in [0.2, 0.25) is 0 Å². The Morgan fingerprint density at radius 3 is 2.41 bits per heavy atom. The van der Waals surface area contributed by atoms with Crippen LogP contribution >= 0.6 is 0 Å². The van der Waals surface area contributed by atoms with Gasteiger partial charge in [-0.3, -0.25) is 9.59 Å². The lowest BCUT2D eigenvalue weighted by molar-refractivity contribution is 0.0926. The number of aromatic nitrogens is 3. The van der Waals surface area contributed by atoms with E-state index in [1.165, 1.54) is 16.9 Å². The fourth-order valence-electron chi connectivity index (χ4n) is 3.58. The van der Waals surface area contributed by atoms with Crippen molar-refractivity contribution < 1.29 is 18.4 Å². The predicted octanol–water partition coefficient (Wildman–Crippen LogP) is 3.71. The molecule has 2 aromatic carbocycles. The van der Waals surface area contributed by atoms with Crippen molar-refractivity contribution in [2.24, 2.45) is 7.05 Å². The van der Waals surface area contributed by atoms with E-state index in [1.807, 2.05) is 30.3 Å². The van der Waals surface area contributed by atoms with Gasteiger partial charge in [0.1, 0.15) is 5.69 Å². The van der Waals surface area contributed by atoms with Crippen LogP contribution in [0, 0.1) is 11.6 Å². The minimum Gasteiger partial charge on any atom is -0.268 e. The van der Waals surface area contributed by atoms with Crippen molar-refractivity contribution in [3.8, 4) is 11.3 Å². The summed E-state index contributed by atoms with van der Waals surface area (Å²) in [6.45, 7) is 0. The van der Waals surface area contributed by atoms with Crippen molar-refractivity contribution in [1.29, 1.82) is 0 Å². The van der Waals surface area contributed by atoms with Crippen molar-refractivity contribution >= 4 is 28.5 Å². The Kier molecular flexibility index (Phi) is 3.57. The molecular formula is C21H12F2N4O2. The van der Waals surface area contributed by atoms with Crippen LogP contribution in [0.4, 0.5) is 14.5 Å². The molecule has 1 aliphatic rings. The fraction of sp³-hybridized carbons (Fsp3) is 0.0476. The number of benzene rings is 2. The summed E-state index contributed by atoms with van der Waals surface area (Å²) in [6, 6.07) is 12.1. The number of aryl methyl sites for hydroxylation is 1. The number of hydrogen-bond acceptors (Lipinski definition) is 4. The van der Waals surface area contributed by atoms with Crippen LogP contribution < -0.4 is 4.90 Å². The molecule has 2 amide bonds. The fourth-order valence-corrected chi connectivity index (χ4v) is 3.58. The van der Waals surface area contributed by atoms with Gasteiger partial charge in [-0.05, 0) is 12.1 Å². The van der Waals surface area contributed by atoms with E-state index in [0.29, 0.717) is 16.7 Å². The summed E-state index contributed by atoms with van der Waals surface area (Å²) in [6.07, 6.45) is 1.31. The number of fused-ring (bicyclic) bond motifs is 3. The number of amides is 2. The maximum Gasteiger partial charge on any atom is 0.267 e. The average molecular weight is 390 g/mol. The van der Waals surface area contributed by atoms with Gasteiger partial charge in [-0.15, -0.1) is 0 Å². The highest BCUT2D eigenvalue weighted by atomic mass is 19.2. The first-order valence-electron chi connectivity index (χ1n) is 8.72. The van der Waals surface area contributed by atoms with Crippen molar-refractivity contribution in [1.82, 2.24) is 14.8 Å². The van der Waals surface area contributed by atoms with Crippen molar-refractivity contribution in [2.45, 2.75) is 0 Å². The number of carbonyl (C=O) groups excluding carboxylic acids is 2. The molecule has 8 heteroatoms. The highest BCUT2D eigenvalue weighted by Gasteiger charge is 2.40. The highest BCUT2D eigenvalue weighted by Crippen LogP contribution is 2.37. The molecule has 0 spiro atoms. The maximum absolute atomic E-state index is 13.7. The largest absolute Gasteiger partial charge is 0.268 e. The predicted molar refractivity (Wildman–Crippen MR) is 101 cm³/mol. The first-order chi connectivity index (χ1) is 14.0. The molecule has 1 aliphatic heterocycles. The van der Waals surface area contributed by atoms with E-state index < -0.39 is 23.4 Å². The monoisotopic (exact) mass is 390 g/mol. The second-order valence-electron chi connectivity index (χ2n) is 6.63. The molecule has 0 unspecified atom stereocenters. The summed E-state index contributed by atoms with van der Waals surface area (Å²) >= 11 is 0. The molecule has 0 aliphatic carbocycles. The van der Waals surface area contributed by atoms with Crippen LogP contribution in [0.25, 0.3) is 22.3 Å². The zero-order valence-electron chi connectivity index (χ0n) is 15.1. The lowest BCUT2D eigenvalue weighted by atomic mass is 10.0. The van der Waals surface area contributed by atoms with Crippen LogP contribution in [0.3, 0.4) is 0 Å². The summed E-state index contributed by atoms with van der Waals surface area (Å²) in [5, 5.41) is 4.93. The molecule has 5 rings (SSSR count). The second kappa shape index (κ2) is 6.03. The maximum atomic E-state index is 13.7. The Labute approximate surface area is 163 Å². The molecule has 0 saturated heterocycles. The Morgan fingerprint density at radius 2 is 1.69 bits per heavy atom. The first-order valence-corrected chi connectivity index (χ1v) is 8.72. The molecule has 29 heavy (non-hydrogen) atoms. The standard InChI is InChI=1S/C21H12F2N4O2/c1-26-19-17(18(25-26)11-5-3-2-4-6-11)16-13(10-24-19)20(28)27(21(16)29)12-7-8-14(22)15(23)9-12/h2-10H,1H3. The minimum absolute atomic E-state index is 0.0478. The summed E-state index contributed by atoms with van der Waals surface area (Å²) in [5.74, 6) is -3.48. The van der Waals surface area contributed by atoms with Gasteiger partial charge in [-0.1, -0.05) is 30.3 Å². The van der Waals surface area contributed by atoms with E-state index in [1.54, 1.807) is 7.05 Å². The van der Waals surface area contributed by atoms with Crippen molar-refractivity contribution in [3.63, 3.8) is 0 Å². The molecule has 2 aromatic heterocycles. The van der Waals surface area contributed by atoms with Gasteiger partial charge in [0, 0.05) is 24.9 Å². The molecule has 4 aromatic rings. The number of imide groups is 1. The number of nitrogens with zero attached hydrogens (tertiary/aromatic N) is 4. The van der Waals surface area contributed by atoms with E-state index in [2.05, 4.69) is 10.1 Å². The third kappa shape index (κ3) is 2.39. The van der Waals surface area contributed by atoms with Gasteiger partial charge < -0.3 is 0 Å². The molecule has 0 fully saturated rings. The lowest BCUT2D eigenvalue weighted by Crippen LogP contribution is -2.29. The van der Waals surface area contributed by atoms with Gasteiger partial charge in [0.05, 0.1) is 22.2 Å². The van der Waals surface area contributed by atoms with Crippen LogP contribution in [0.5, 0.6) is 0 Å². The van der Waals surface area contributed by atoms with E-state index in [0.717, 1.165) is 22.6 Å². The molecule has 142 valence electrons. The Hall–Kier alpha value is -3.94. The number of anilines is 1. The number of hydrogen-bond donors (Lipinski definition) is 0. The van der Waals surface area contributed by atoms with E-state index >= 15 is 0 Å². The molecule has 0 N–H and O–H groups in total. The Morgan fingerprint density at radius 1 is 0.931 bits per heavy atom. The SMILES string of the molecule is Cn1nc(-c2ccccc2)c2c3c(cnc21)C(=O)N(c1ccc(F)c(F)c1)C3=O. The molecule has 6 nitrogen and oxygen atoms in total. The first kappa shape index (κ1) is 17.2. The van der Waals surface area contributed by atoms with Crippen molar-refractivity contribution in [3.05, 3.63) is 77.5 Å². The van der Waals surface area contributed by atoms with E-state index in [9.17, 15) is 18.4 Å². The van der Waals surface area contributed by atoms with E-state index in [-0.39, 0.29) is 16.8 Å². The number of halogens is 2. The minimum atomic E-state index is -1.14. The highest BCUT2D eigenvalue weighted by molar-refractivity contribution is 6.38. The molecule has 3 heterocycles. The molecule has 0 radical (unpaired) electrons. The normalized spacial score (nSPS) is 13.4. The summed E-state index contributed by atoms with van der Waals surface area (Å²) in [5.41, 5.74) is 1.92. The Balaban J connectivity index is 1.76. The zero-order chi connectivity index (χ0) is 20.3. The molecular weight excluding hydrogens is 378 g/mol. The van der Waals surface area contributed by atoms with Gasteiger partial charge in [-0.25, -0.2) is 23.3 Å². The lowest BCUT2D eigenvalue weighted by Gasteiger charge is -2.13. The smallest absolute Gasteiger partial charge is 0.267 e. The number of rotatable bonds is 2. The Bertz CT molecular complexity index is 1330. The molecule has 0 saturated carbocycles. The van der Waals surface area contributed by atoms with Crippen LogP contribution in [-0.4, -0.2) is 26.6 Å². The van der Waals surface area contributed by atoms with Crippen LogP contribution in [0.1, 0.15) is 20.7 Å². The van der Waals surface area contributed by atoms with Gasteiger partial charge in [-0.2, -0.15) is 5.10 Å². The quantitative estimate of drug-likeness (QED) is 0.490. The van der Waals surface area contributed by atoms with Gasteiger partial charge in [0.2, 0.25) is 0 Å². The third-order valence-corrected chi connectivity index (χ3v) is 4.91. The summed E-state index contributed by atoms with van der Waals surface area (Å²) in [4.78, 5) is 31.3. The summed E-state index contributed by atoms with van der Waals surface area (Å²) < 4.78 is 28.6. The van der Waals surface area contributed by atoms with E-state index in [4.69, 9.17) is 0 Å². The van der Waals surface area contributed by atoms with Gasteiger partial charge in [0.15, 0.2) is 17.3 Å². The van der Waals surface area contributed by atoms with Crippen LogP contribution in [0.15, 0.2) is 54.7 Å². The molecule has 0 bridgehead atoms. The van der Waals surface area contributed by atoms with Gasteiger partial charge in [0.25, 0.3) is 11.8 Å². The molecule has 0 atom stereocenters. The second-order valence-corrected chi connectivity index (χ2v) is 6.63. The third-order valence-electron chi connectivity index (χ3n) is 4.91. The van der Waals surface area contributed by atoms with Crippen molar-refractivity contribution in [2.75, 3.05) is 4.90 Å². The summed E-state index contributed by atoms with van der Waals surface area (Å²) in [7, 11) is 1.70.